The Morgan fingerprint density at radius 3 is 2.65 bits per heavy atom. The summed E-state index contributed by atoms with van der Waals surface area (Å²) in [5, 5.41) is 11.9. The Bertz CT molecular complexity index is 512. The number of aliphatic carboxylic acids is 1. The molecule has 1 heterocycles. The minimum absolute atomic E-state index is 0.0149. The highest BCUT2D eigenvalue weighted by Crippen LogP contribution is 2.30. The molecule has 2 rings (SSSR count). The lowest BCUT2D eigenvalue weighted by Crippen LogP contribution is -2.46. The molecule has 1 aliphatic rings. The number of nitrogens with one attached hydrogen (secondary N) is 1. The predicted molar refractivity (Wildman–Crippen MR) is 68.9 cm³/mol. The number of amides is 1. The predicted octanol–water partition coefficient (Wildman–Crippen LogP) is 1.44. The third-order valence-electron chi connectivity index (χ3n) is 3.58. The Morgan fingerprint density at radius 2 is 2.05 bits per heavy atom. The summed E-state index contributed by atoms with van der Waals surface area (Å²) in [6.45, 7) is 0.741. The number of rotatable bonds is 4. The second-order valence-corrected chi connectivity index (χ2v) is 4.89. The van der Waals surface area contributed by atoms with Gasteiger partial charge < -0.3 is 15.2 Å². The van der Waals surface area contributed by atoms with Crippen molar-refractivity contribution in [3.63, 3.8) is 0 Å². The highest BCUT2D eigenvalue weighted by molar-refractivity contribution is 5.94. The van der Waals surface area contributed by atoms with E-state index in [-0.39, 0.29) is 12.1 Å². The van der Waals surface area contributed by atoms with Gasteiger partial charge in [0.1, 0.15) is 5.82 Å². The number of ether oxygens (including phenoxy) is 1. The summed E-state index contributed by atoms with van der Waals surface area (Å²) in [5.74, 6) is -1.92. The number of hydrogen-bond acceptors (Lipinski definition) is 3. The maximum Gasteiger partial charge on any atom is 0.311 e. The molecule has 0 spiro atoms. The molecule has 0 aromatic heterocycles. The number of benzene rings is 1. The van der Waals surface area contributed by atoms with Crippen LogP contribution in [-0.2, 0) is 9.53 Å². The average Bonchev–Trinajstić information content (AvgIpc) is 2.45. The van der Waals surface area contributed by atoms with Crippen LogP contribution in [-0.4, -0.2) is 36.7 Å². The molecule has 1 amide bonds. The second kappa shape index (κ2) is 6.00. The van der Waals surface area contributed by atoms with Crippen LogP contribution >= 0.6 is 0 Å². The molecule has 1 saturated heterocycles. The van der Waals surface area contributed by atoms with Gasteiger partial charge in [0.2, 0.25) is 0 Å². The average molecular weight is 281 g/mol. The second-order valence-electron chi connectivity index (χ2n) is 4.89. The molecule has 5 nitrogen and oxygen atoms in total. The number of carboxylic acids is 1. The van der Waals surface area contributed by atoms with Crippen molar-refractivity contribution in [2.45, 2.75) is 12.8 Å². The minimum atomic E-state index is -0.999. The normalized spacial score (nSPS) is 17.4. The first kappa shape index (κ1) is 14.5. The smallest absolute Gasteiger partial charge is 0.311 e. The molecule has 1 fully saturated rings. The van der Waals surface area contributed by atoms with Gasteiger partial charge in [-0.1, -0.05) is 6.07 Å². The lowest BCUT2D eigenvalue weighted by molar-refractivity contribution is -0.154. The van der Waals surface area contributed by atoms with Crippen LogP contribution in [0.25, 0.3) is 0 Å². The van der Waals surface area contributed by atoms with Gasteiger partial charge in [-0.3, -0.25) is 9.59 Å². The molecule has 0 saturated carbocycles. The van der Waals surface area contributed by atoms with Gasteiger partial charge in [0.15, 0.2) is 0 Å². The molecule has 20 heavy (non-hydrogen) atoms. The molecule has 0 aliphatic carbocycles. The summed E-state index contributed by atoms with van der Waals surface area (Å²) in [6.07, 6.45) is 0.706. The third kappa shape index (κ3) is 3.14. The van der Waals surface area contributed by atoms with E-state index in [9.17, 15) is 19.1 Å². The van der Waals surface area contributed by atoms with Gasteiger partial charge in [0.05, 0.1) is 5.41 Å². The highest BCUT2D eigenvalue weighted by atomic mass is 19.1. The Balaban J connectivity index is 2.02. The van der Waals surface area contributed by atoms with E-state index in [0.717, 1.165) is 6.07 Å². The number of halogens is 1. The molecular weight excluding hydrogens is 265 g/mol. The maximum absolute atomic E-state index is 13.0. The first-order valence-corrected chi connectivity index (χ1v) is 6.38. The van der Waals surface area contributed by atoms with Gasteiger partial charge in [-0.15, -0.1) is 0 Å². The van der Waals surface area contributed by atoms with Crippen molar-refractivity contribution in [2.75, 3.05) is 19.8 Å². The number of carboxylic acid groups (broad SMARTS) is 1. The molecular formula is C14H16FNO4. The zero-order chi connectivity index (χ0) is 14.6. The van der Waals surface area contributed by atoms with Crippen molar-refractivity contribution < 1.29 is 23.8 Å². The largest absolute Gasteiger partial charge is 0.481 e. The van der Waals surface area contributed by atoms with Gasteiger partial charge in [-0.05, 0) is 31.0 Å². The van der Waals surface area contributed by atoms with E-state index < -0.39 is 23.1 Å². The van der Waals surface area contributed by atoms with Crippen molar-refractivity contribution in [3.8, 4) is 0 Å². The van der Waals surface area contributed by atoms with Crippen LogP contribution in [0.15, 0.2) is 24.3 Å². The third-order valence-corrected chi connectivity index (χ3v) is 3.58. The number of carbonyl (C=O) groups excluding carboxylic acids is 1. The zero-order valence-electron chi connectivity index (χ0n) is 10.9. The molecule has 6 heteroatoms. The molecule has 0 unspecified atom stereocenters. The molecule has 1 aromatic rings. The van der Waals surface area contributed by atoms with Crippen LogP contribution in [0.5, 0.6) is 0 Å². The summed E-state index contributed by atoms with van der Waals surface area (Å²) >= 11 is 0. The first-order valence-electron chi connectivity index (χ1n) is 6.38. The van der Waals surface area contributed by atoms with Gasteiger partial charge in [-0.2, -0.15) is 0 Å². The monoisotopic (exact) mass is 281 g/mol. The summed E-state index contributed by atoms with van der Waals surface area (Å²) in [6, 6.07) is 5.28. The van der Waals surface area contributed by atoms with E-state index in [1.165, 1.54) is 18.2 Å². The van der Waals surface area contributed by atoms with Gasteiger partial charge in [0.25, 0.3) is 5.91 Å². The Morgan fingerprint density at radius 1 is 1.35 bits per heavy atom. The van der Waals surface area contributed by atoms with Crippen molar-refractivity contribution in [2.24, 2.45) is 5.41 Å². The van der Waals surface area contributed by atoms with Gasteiger partial charge in [0, 0.05) is 25.3 Å². The van der Waals surface area contributed by atoms with E-state index >= 15 is 0 Å². The first-order chi connectivity index (χ1) is 9.53. The molecule has 0 bridgehead atoms. The topological polar surface area (TPSA) is 75.6 Å². The van der Waals surface area contributed by atoms with Crippen LogP contribution in [0.4, 0.5) is 4.39 Å². The van der Waals surface area contributed by atoms with E-state index in [2.05, 4.69) is 5.32 Å². The molecule has 1 aliphatic heterocycles. The van der Waals surface area contributed by atoms with Crippen molar-refractivity contribution >= 4 is 11.9 Å². The molecule has 1 aromatic carbocycles. The van der Waals surface area contributed by atoms with E-state index in [4.69, 9.17) is 4.74 Å². The van der Waals surface area contributed by atoms with Crippen molar-refractivity contribution in [1.82, 2.24) is 5.32 Å². The maximum atomic E-state index is 13.0. The summed E-state index contributed by atoms with van der Waals surface area (Å²) in [5.41, 5.74) is -0.820. The molecule has 0 atom stereocenters. The van der Waals surface area contributed by atoms with Crippen LogP contribution in [0.1, 0.15) is 23.2 Å². The highest BCUT2D eigenvalue weighted by Gasteiger charge is 2.40. The number of carbonyl (C=O) groups is 2. The summed E-state index contributed by atoms with van der Waals surface area (Å²) in [4.78, 5) is 23.3. The number of hydrogen-bond donors (Lipinski definition) is 2. The standard InChI is InChI=1S/C14H16FNO4/c15-11-3-1-2-10(8-11)12(17)16-9-14(13(18)19)4-6-20-7-5-14/h1-3,8H,4-7,9H2,(H,16,17)(H,18,19). The minimum Gasteiger partial charge on any atom is -0.481 e. The van der Waals surface area contributed by atoms with E-state index in [1.807, 2.05) is 0 Å². The fraction of sp³-hybridized carbons (Fsp3) is 0.429. The molecule has 0 radical (unpaired) electrons. The summed E-state index contributed by atoms with van der Waals surface area (Å²) < 4.78 is 18.2. The summed E-state index contributed by atoms with van der Waals surface area (Å²) in [7, 11) is 0. The van der Waals surface area contributed by atoms with Gasteiger partial charge in [-0.25, -0.2) is 4.39 Å². The Hall–Kier alpha value is -1.95. The Kier molecular flexibility index (Phi) is 4.34. The lowest BCUT2D eigenvalue weighted by atomic mass is 9.80. The zero-order valence-corrected chi connectivity index (χ0v) is 10.9. The van der Waals surface area contributed by atoms with Crippen LogP contribution < -0.4 is 5.32 Å². The van der Waals surface area contributed by atoms with E-state index in [1.54, 1.807) is 0 Å². The van der Waals surface area contributed by atoms with E-state index in [0.29, 0.717) is 26.1 Å². The molecule has 2 N–H and O–H groups in total. The van der Waals surface area contributed by atoms with Gasteiger partial charge >= 0.3 is 5.97 Å². The van der Waals surface area contributed by atoms with Crippen molar-refractivity contribution in [1.29, 1.82) is 0 Å². The fourth-order valence-corrected chi connectivity index (χ4v) is 2.21. The van der Waals surface area contributed by atoms with Crippen LogP contribution in [0.3, 0.4) is 0 Å². The molecule has 108 valence electrons. The van der Waals surface area contributed by atoms with Crippen molar-refractivity contribution in [3.05, 3.63) is 35.6 Å². The lowest BCUT2D eigenvalue weighted by Gasteiger charge is -2.33. The van der Waals surface area contributed by atoms with Crippen LogP contribution in [0.2, 0.25) is 0 Å². The quantitative estimate of drug-likeness (QED) is 0.875. The fourth-order valence-electron chi connectivity index (χ4n) is 2.21. The van der Waals surface area contributed by atoms with Crippen LogP contribution in [0, 0.1) is 11.2 Å². The Labute approximate surface area is 115 Å². The SMILES string of the molecule is O=C(NCC1(C(=O)O)CCOCC1)c1cccc(F)c1.